The number of fused-ring (bicyclic) bond motifs is 8. The number of hydrogen-bond donors (Lipinski definition) is 0. The fraction of sp³-hybridized carbons (Fsp3) is 0.516. The van der Waals surface area contributed by atoms with Crippen molar-refractivity contribution in [2.45, 2.75) is 201 Å². The maximum atomic E-state index is 8.24. The molecule has 0 amide bonds. The Hall–Kier alpha value is -4.01. The highest BCUT2D eigenvalue weighted by molar-refractivity contribution is 6.36. The summed E-state index contributed by atoms with van der Waals surface area (Å²) in [5, 5.41) is 0.803. The van der Waals surface area contributed by atoms with Gasteiger partial charge in [0.05, 0.1) is 16.4 Å². The molecule has 336 valence electrons. The molecule has 0 aliphatic heterocycles. The van der Waals surface area contributed by atoms with Crippen molar-refractivity contribution in [3.63, 3.8) is 0 Å². The highest BCUT2D eigenvalue weighted by Crippen LogP contribution is 2.62. The van der Waals surface area contributed by atoms with Crippen LogP contribution in [0.25, 0.3) is 0 Å². The van der Waals surface area contributed by atoms with E-state index in [1.807, 2.05) is 0 Å². The molecule has 0 radical (unpaired) electrons. The molecule has 17 rings (SSSR count). The van der Waals surface area contributed by atoms with Crippen LogP contribution in [0.2, 0.25) is 5.02 Å². The Morgan fingerprint density at radius 1 is 0.292 bits per heavy atom. The Morgan fingerprint density at radius 3 is 0.708 bits per heavy atom. The van der Waals surface area contributed by atoms with Crippen molar-refractivity contribution in [1.82, 2.24) is 0 Å². The molecule has 0 spiro atoms. The molecule has 5 aromatic rings. The summed E-state index contributed by atoms with van der Waals surface area (Å²) in [5.74, 6) is 0. The van der Waals surface area contributed by atoms with Crippen LogP contribution >= 0.6 is 11.6 Å². The largest absolute Gasteiger partial charge is 0.309 e. The first kappa shape index (κ1) is 41.2. The van der Waals surface area contributed by atoms with Gasteiger partial charge in [-0.3, -0.25) is 0 Å². The van der Waals surface area contributed by atoms with E-state index >= 15 is 0 Å². The van der Waals surface area contributed by atoms with Crippen LogP contribution in [0.1, 0.15) is 203 Å². The molecule has 0 heterocycles. The Kier molecular flexibility index (Phi) is 8.34. The molecule has 2 nitrogen and oxygen atoms in total. The average molecular weight is 880 g/mol. The van der Waals surface area contributed by atoms with E-state index < -0.39 is 0 Å². The van der Waals surface area contributed by atoms with Crippen LogP contribution in [0.4, 0.5) is 34.1 Å². The van der Waals surface area contributed by atoms with Crippen LogP contribution in [0.5, 0.6) is 0 Å². The van der Waals surface area contributed by atoms with Crippen molar-refractivity contribution in [1.29, 1.82) is 0 Å². The van der Waals surface area contributed by atoms with E-state index in [0.717, 1.165) is 16.4 Å². The maximum absolute atomic E-state index is 8.24. The Bertz CT molecular complexity index is 2470. The van der Waals surface area contributed by atoms with Crippen molar-refractivity contribution >= 4 is 45.7 Å². The first-order valence-electron chi connectivity index (χ1n) is 25.9. The number of rotatable bonds is 6. The lowest BCUT2D eigenvalue weighted by Gasteiger charge is -2.53. The quantitative estimate of drug-likeness (QED) is 0.168. The van der Waals surface area contributed by atoms with E-state index in [-0.39, 0.29) is 43.3 Å². The molecule has 8 bridgehead atoms. The van der Waals surface area contributed by atoms with Crippen molar-refractivity contribution in [3.8, 4) is 0 Å². The second kappa shape index (κ2) is 13.2. The molecule has 0 saturated heterocycles. The lowest BCUT2D eigenvalue weighted by molar-refractivity contribution is 0.187. The van der Waals surface area contributed by atoms with Gasteiger partial charge < -0.3 is 9.80 Å². The van der Waals surface area contributed by atoms with E-state index in [1.54, 1.807) is 44.5 Å². The molecule has 0 atom stereocenters. The lowest BCUT2D eigenvalue weighted by Crippen LogP contribution is -2.44. The summed E-state index contributed by atoms with van der Waals surface area (Å²) in [6.45, 7) is 20.3. The number of halogens is 1. The number of nitrogens with zero attached hydrogens (tertiary/aromatic N) is 2. The fourth-order valence-corrected chi connectivity index (χ4v) is 16.4. The minimum atomic E-state index is 0.202. The smallest absolute Gasteiger partial charge is 0.0887 e. The molecule has 4 saturated carbocycles. The maximum Gasteiger partial charge on any atom is 0.0887 e. The SMILES string of the molecule is CC12CCC(C)(CC1)c1cc(N(c3ccc4c(c3)C3(C)CCC4(C)CC3)c3cccc(N(c4ccc5c(c4)C4(C)CCC5(C)CC4)c4ccc5c(c4)C4(C)CCC5(C)CC4)c3Cl)ccc12. The summed E-state index contributed by atoms with van der Waals surface area (Å²) in [7, 11) is 0. The number of hydrogen-bond acceptors (Lipinski definition) is 2. The molecular weight excluding hydrogens is 808 g/mol. The predicted octanol–water partition coefficient (Wildman–Crippen LogP) is 17.7. The summed E-state index contributed by atoms with van der Waals surface area (Å²) in [6, 6.07) is 37.0. The van der Waals surface area contributed by atoms with Crippen molar-refractivity contribution in [2.24, 2.45) is 0 Å². The average Bonchev–Trinajstić information content (AvgIpc) is 3.31. The van der Waals surface area contributed by atoms with Gasteiger partial charge in [-0.2, -0.15) is 0 Å². The third kappa shape index (κ3) is 5.59. The van der Waals surface area contributed by atoms with E-state index in [9.17, 15) is 0 Å². The van der Waals surface area contributed by atoms with Gasteiger partial charge in [0.1, 0.15) is 0 Å². The molecule has 12 aliphatic rings. The van der Waals surface area contributed by atoms with Crippen LogP contribution in [0.15, 0.2) is 91.0 Å². The van der Waals surface area contributed by atoms with E-state index in [2.05, 4.69) is 156 Å². The molecule has 12 aliphatic carbocycles. The molecule has 65 heavy (non-hydrogen) atoms. The van der Waals surface area contributed by atoms with Gasteiger partial charge in [-0.05, 0) is 251 Å². The Balaban J connectivity index is 1.03. The van der Waals surface area contributed by atoms with Gasteiger partial charge in [-0.15, -0.1) is 0 Å². The zero-order chi connectivity index (χ0) is 44.7. The van der Waals surface area contributed by atoms with E-state index in [4.69, 9.17) is 11.6 Å². The van der Waals surface area contributed by atoms with Gasteiger partial charge in [-0.1, -0.05) is 97.3 Å². The number of benzene rings is 5. The molecular formula is C62H71ClN2. The first-order valence-corrected chi connectivity index (χ1v) is 26.3. The second-order valence-electron chi connectivity index (χ2n) is 25.7. The Morgan fingerprint density at radius 2 is 0.492 bits per heavy atom. The zero-order valence-corrected chi connectivity index (χ0v) is 41.5. The molecule has 0 aromatic heterocycles. The topological polar surface area (TPSA) is 6.48 Å². The van der Waals surface area contributed by atoms with Crippen molar-refractivity contribution in [2.75, 3.05) is 9.80 Å². The third-order valence-corrected chi connectivity index (χ3v) is 21.9. The predicted molar refractivity (Wildman–Crippen MR) is 274 cm³/mol. The van der Waals surface area contributed by atoms with Gasteiger partial charge >= 0.3 is 0 Å². The van der Waals surface area contributed by atoms with Crippen LogP contribution in [-0.4, -0.2) is 0 Å². The van der Waals surface area contributed by atoms with Gasteiger partial charge in [0, 0.05) is 22.7 Å². The summed E-state index contributed by atoms with van der Waals surface area (Å²) in [4.78, 5) is 5.10. The van der Waals surface area contributed by atoms with Crippen LogP contribution in [0.3, 0.4) is 0 Å². The van der Waals surface area contributed by atoms with Gasteiger partial charge in [-0.25, -0.2) is 0 Å². The summed E-state index contributed by atoms with van der Waals surface area (Å²) >= 11 is 8.24. The van der Waals surface area contributed by atoms with E-state index in [1.165, 1.54) is 125 Å². The highest BCUT2D eigenvalue weighted by Gasteiger charge is 2.52. The standard InChI is InChI=1S/C62H71ClN2/c1-55-20-28-59(5,29-21-55)48-36-40(12-16-44(48)55)64(41-13-17-45-49(37-41)60(6)30-22-56(45,2)23-31-60)52-10-9-11-53(54(52)63)65(42-14-18-46-50(38-42)61(7)32-24-57(46,3)25-33-61)43-15-19-47-51(39-43)62(8)34-26-58(47,4)27-35-62/h9-19,36-39H,20-35H2,1-8H3. The van der Waals surface area contributed by atoms with Crippen LogP contribution < -0.4 is 9.80 Å². The lowest BCUT2D eigenvalue weighted by atomic mass is 9.52. The second-order valence-corrected chi connectivity index (χ2v) is 26.1. The van der Waals surface area contributed by atoms with Gasteiger partial charge in [0.15, 0.2) is 0 Å². The minimum absolute atomic E-state index is 0.202. The molecule has 0 N–H and O–H groups in total. The van der Waals surface area contributed by atoms with Crippen LogP contribution in [0, 0.1) is 0 Å². The minimum Gasteiger partial charge on any atom is -0.309 e. The number of anilines is 6. The highest BCUT2D eigenvalue weighted by atomic mass is 35.5. The molecule has 0 unspecified atom stereocenters. The van der Waals surface area contributed by atoms with Gasteiger partial charge in [0.2, 0.25) is 0 Å². The van der Waals surface area contributed by atoms with Crippen LogP contribution in [-0.2, 0) is 43.3 Å². The first-order chi connectivity index (χ1) is 30.9. The summed E-state index contributed by atoms with van der Waals surface area (Å²) in [5.41, 5.74) is 21.4. The third-order valence-electron chi connectivity index (χ3n) is 21.5. The summed E-state index contributed by atoms with van der Waals surface area (Å²) in [6.07, 6.45) is 20.4. The normalized spacial score (nSPS) is 36.5. The monoisotopic (exact) mass is 879 g/mol. The fourth-order valence-electron chi connectivity index (χ4n) is 16.1. The molecule has 3 heteroatoms. The van der Waals surface area contributed by atoms with Crippen molar-refractivity contribution < 1.29 is 0 Å². The zero-order valence-electron chi connectivity index (χ0n) is 40.7. The Labute approximate surface area is 395 Å². The molecule has 5 aromatic carbocycles. The van der Waals surface area contributed by atoms with Gasteiger partial charge in [0.25, 0.3) is 0 Å². The summed E-state index contributed by atoms with van der Waals surface area (Å²) < 4.78 is 0. The van der Waals surface area contributed by atoms with Crippen molar-refractivity contribution in [3.05, 3.63) is 141 Å². The molecule has 4 fully saturated rings. The van der Waals surface area contributed by atoms with E-state index in [0.29, 0.717) is 0 Å².